The Hall–Kier alpha value is -1.89. The molecule has 1 aromatic heterocycles. The van der Waals surface area contributed by atoms with Crippen molar-refractivity contribution in [3.05, 3.63) is 30.2 Å². The summed E-state index contributed by atoms with van der Waals surface area (Å²) >= 11 is 0. The molecular weight excluding hydrogens is 176 g/mol. The van der Waals surface area contributed by atoms with Gasteiger partial charge in [0.25, 0.3) is 0 Å². The number of aromatic nitrogens is 2. The molecular formula is C10H12N4. The number of nitriles is 1. The van der Waals surface area contributed by atoms with Gasteiger partial charge >= 0.3 is 0 Å². The molecule has 0 aliphatic heterocycles. The molecule has 0 N–H and O–H groups in total. The second-order valence-electron chi connectivity index (χ2n) is 3.18. The highest BCUT2D eigenvalue weighted by molar-refractivity contribution is 5.37. The van der Waals surface area contributed by atoms with Crippen molar-refractivity contribution in [2.75, 3.05) is 18.5 Å². The predicted octanol–water partition coefficient (Wildman–Crippen LogP) is 1.36. The average molecular weight is 188 g/mol. The minimum absolute atomic E-state index is 0.331. The molecule has 4 heteroatoms. The van der Waals surface area contributed by atoms with Gasteiger partial charge in [-0.25, -0.2) is 9.97 Å². The Kier molecular flexibility index (Phi) is 3.19. The van der Waals surface area contributed by atoms with Gasteiger partial charge in [-0.1, -0.05) is 12.2 Å². The molecule has 0 radical (unpaired) electrons. The molecule has 0 saturated heterocycles. The second kappa shape index (κ2) is 4.38. The van der Waals surface area contributed by atoms with Crippen LogP contribution in [0.1, 0.15) is 12.6 Å². The summed E-state index contributed by atoms with van der Waals surface area (Å²) in [5.41, 5.74) is 1.39. The van der Waals surface area contributed by atoms with Gasteiger partial charge in [-0.15, -0.1) is 0 Å². The molecule has 72 valence electrons. The lowest BCUT2D eigenvalue weighted by Crippen LogP contribution is -2.20. The van der Waals surface area contributed by atoms with Crippen molar-refractivity contribution < 1.29 is 0 Å². The van der Waals surface area contributed by atoms with Gasteiger partial charge in [-0.05, 0) is 6.92 Å². The molecule has 0 aliphatic rings. The van der Waals surface area contributed by atoms with Crippen LogP contribution in [-0.2, 0) is 0 Å². The SMILES string of the molecule is C=C(C)CN(C)c1cnc(C#N)cn1. The van der Waals surface area contributed by atoms with Crippen molar-refractivity contribution in [2.24, 2.45) is 0 Å². The maximum atomic E-state index is 8.53. The van der Waals surface area contributed by atoms with Crippen LogP contribution in [0.5, 0.6) is 0 Å². The third-order valence-electron chi connectivity index (χ3n) is 1.65. The van der Waals surface area contributed by atoms with Crippen LogP contribution in [0.25, 0.3) is 0 Å². The summed E-state index contributed by atoms with van der Waals surface area (Å²) in [6.07, 6.45) is 3.05. The number of likely N-dealkylation sites (N-methyl/N-ethyl adjacent to an activating group) is 1. The first kappa shape index (κ1) is 10.2. The third kappa shape index (κ3) is 2.56. The van der Waals surface area contributed by atoms with E-state index in [1.165, 1.54) is 6.20 Å². The Morgan fingerprint density at radius 2 is 2.29 bits per heavy atom. The highest BCUT2D eigenvalue weighted by Crippen LogP contribution is 2.07. The number of anilines is 1. The van der Waals surface area contributed by atoms with Crippen molar-refractivity contribution in [3.8, 4) is 6.07 Å². The highest BCUT2D eigenvalue weighted by Gasteiger charge is 2.02. The van der Waals surface area contributed by atoms with E-state index in [9.17, 15) is 0 Å². The molecule has 1 heterocycles. The fourth-order valence-electron chi connectivity index (χ4n) is 1.06. The monoisotopic (exact) mass is 188 g/mol. The molecule has 0 amide bonds. The quantitative estimate of drug-likeness (QED) is 0.672. The van der Waals surface area contributed by atoms with Gasteiger partial charge in [0.15, 0.2) is 5.69 Å². The van der Waals surface area contributed by atoms with Crippen LogP contribution in [0.3, 0.4) is 0 Å². The third-order valence-corrected chi connectivity index (χ3v) is 1.65. The fraction of sp³-hybridized carbons (Fsp3) is 0.300. The summed E-state index contributed by atoms with van der Waals surface area (Å²) in [7, 11) is 1.91. The Morgan fingerprint density at radius 3 is 2.71 bits per heavy atom. The van der Waals surface area contributed by atoms with E-state index >= 15 is 0 Å². The molecule has 0 bridgehead atoms. The maximum absolute atomic E-state index is 8.53. The molecule has 1 rings (SSSR count). The number of nitrogens with zero attached hydrogens (tertiary/aromatic N) is 4. The zero-order valence-electron chi connectivity index (χ0n) is 8.36. The molecule has 0 aliphatic carbocycles. The van der Waals surface area contributed by atoms with Crippen LogP contribution in [-0.4, -0.2) is 23.6 Å². The van der Waals surface area contributed by atoms with Crippen molar-refractivity contribution in [1.29, 1.82) is 5.26 Å². The van der Waals surface area contributed by atoms with E-state index in [4.69, 9.17) is 5.26 Å². The second-order valence-corrected chi connectivity index (χ2v) is 3.18. The van der Waals surface area contributed by atoms with E-state index in [0.717, 1.165) is 17.9 Å². The van der Waals surface area contributed by atoms with Crippen LogP contribution >= 0.6 is 0 Å². The summed E-state index contributed by atoms with van der Waals surface area (Å²) in [6.45, 7) is 6.50. The Morgan fingerprint density at radius 1 is 1.57 bits per heavy atom. The van der Waals surface area contributed by atoms with Gasteiger partial charge in [0, 0.05) is 13.6 Å². The van der Waals surface area contributed by atoms with E-state index in [2.05, 4.69) is 16.5 Å². The normalized spacial score (nSPS) is 9.21. The van der Waals surface area contributed by atoms with E-state index in [0.29, 0.717) is 5.69 Å². The summed E-state index contributed by atoms with van der Waals surface area (Å²) in [5, 5.41) is 8.53. The van der Waals surface area contributed by atoms with E-state index in [1.54, 1.807) is 6.20 Å². The van der Waals surface area contributed by atoms with E-state index < -0.39 is 0 Å². The number of hydrogen-bond acceptors (Lipinski definition) is 4. The summed E-state index contributed by atoms with van der Waals surface area (Å²) in [6, 6.07) is 1.92. The molecule has 0 unspecified atom stereocenters. The van der Waals surface area contributed by atoms with Crippen LogP contribution in [0, 0.1) is 11.3 Å². The first-order valence-corrected chi connectivity index (χ1v) is 4.21. The molecule has 0 saturated carbocycles. The van der Waals surface area contributed by atoms with E-state index in [-0.39, 0.29) is 0 Å². The smallest absolute Gasteiger partial charge is 0.158 e. The summed E-state index contributed by atoms with van der Waals surface area (Å²) < 4.78 is 0. The lowest BCUT2D eigenvalue weighted by molar-refractivity contribution is 0.940. The first-order valence-electron chi connectivity index (χ1n) is 4.21. The lowest BCUT2D eigenvalue weighted by atomic mass is 10.3. The minimum Gasteiger partial charge on any atom is -0.354 e. The minimum atomic E-state index is 0.331. The van der Waals surface area contributed by atoms with Crippen LogP contribution in [0.2, 0.25) is 0 Å². The average Bonchev–Trinajstić information content (AvgIpc) is 2.17. The number of hydrogen-bond donors (Lipinski definition) is 0. The standard InChI is InChI=1S/C10H12N4/c1-8(2)7-14(3)10-6-12-9(4-11)5-13-10/h5-6H,1,7H2,2-3H3. The Labute approximate surface area is 83.5 Å². The molecule has 14 heavy (non-hydrogen) atoms. The Bertz CT molecular complexity index is 361. The Balaban J connectivity index is 2.77. The molecule has 1 aromatic rings. The van der Waals surface area contributed by atoms with Crippen LogP contribution in [0.15, 0.2) is 24.5 Å². The van der Waals surface area contributed by atoms with Gasteiger partial charge < -0.3 is 4.90 Å². The van der Waals surface area contributed by atoms with Crippen molar-refractivity contribution in [2.45, 2.75) is 6.92 Å². The number of rotatable bonds is 3. The van der Waals surface area contributed by atoms with Gasteiger partial charge in [0.2, 0.25) is 0 Å². The maximum Gasteiger partial charge on any atom is 0.158 e. The van der Waals surface area contributed by atoms with E-state index in [1.807, 2.05) is 24.9 Å². The van der Waals surface area contributed by atoms with Crippen molar-refractivity contribution >= 4 is 5.82 Å². The van der Waals surface area contributed by atoms with Gasteiger partial charge in [-0.2, -0.15) is 5.26 Å². The van der Waals surface area contributed by atoms with Gasteiger partial charge in [-0.3, -0.25) is 0 Å². The topological polar surface area (TPSA) is 52.8 Å². The molecule has 0 atom stereocenters. The van der Waals surface area contributed by atoms with Crippen LogP contribution in [0.4, 0.5) is 5.82 Å². The summed E-state index contributed by atoms with van der Waals surface area (Å²) in [5.74, 6) is 0.743. The molecule has 4 nitrogen and oxygen atoms in total. The van der Waals surface area contributed by atoms with Crippen LogP contribution < -0.4 is 4.90 Å². The lowest BCUT2D eigenvalue weighted by Gasteiger charge is -2.17. The predicted molar refractivity (Wildman–Crippen MR) is 54.8 cm³/mol. The largest absolute Gasteiger partial charge is 0.354 e. The van der Waals surface area contributed by atoms with Gasteiger partial charge in [0.05, 0.1) is 12.4 Å². The fourth-order valence-corrected chi connectivity index (χ4v) is 1.06. The van der Waals surface area contributed by atoms with Crippen molar-refractivity contribution in [3.63, 3.8) is 0 Å². The molecule has 0 fully saturated rings. The molecule has 0 aromatic carbocycles. The first-order chi connectivity index (χ1) is 6.63. The zero-order chi connectivity index (χ0) is 10.6. The zero-order valence-corrected chi connectivity index (χ0v) is 8.36. The van der Waals surface area contributed by atoms with Gasteiger partial charge in [0.1, 0.15) is 11.9 Å². The highest BCUT2D eigenvalue weighted by atomic mass is 15.2. The summed E-state index contributed by atoms with van der Waals surface area (Å²) in [4.78, 5) is 9.96. The van der Waals surface area contributed by atoms with Crippen molar-refractivity contribution in [1.82, 2.24) is 9.97 Å². The molecule has 0 spiro atoms.